The highest BCUT2D eigenvalue weighted by atomic mass is 35.5. The number of thioether (sulfide) groups is 1. The summed E-state index contributed by atoms with van der Waals surface area (Å²) in [7, 11) is 0. The first-order chi connectivity index (χ1) is 14.0. The number of allylic oxidation sites excluding steroid dienone is 1. The molecule has 8 nitrogen and oxygen atoms in total. The zero-order valence-corrected chi connectivity index (χ0v) is 18.3. The van der Waals surface area contributed by atoms with Crippen molar-refractivity contribution in [2.75, 3.05) is 11.1 Å². The number of rotatable bonds is 9. The minimum absolute atomic E-state index is 0.172. The van der Waals surface area contributed by atoms with Gasteiger partial charge in [0.2, 0.25) is 11.0 Å². The van der Waals surface area contributed by atoms with E-state index < -0.39 is 0 Å². The van der Waals surface area contributed by atoms with E-state index in [1.54, 1.807) is 12.1 Å². The van der Waals surface area contributed by atoms with Gasteiger partial charge >= 0.3 is 0 Å². The number of amides is 1. The minimum Gasteiger partial charge on any atom is -0.485 e. The summed E-state index contributed by atoms with van der Waals surface area (Å²) in [4.78, 5) is 12.1. The normalized spacial score (nSPS) is 10.7. The van der Waals surface area contributed by atoms with Crippen LogP contribution in [0.2, 0.25) is 5.02 Å². The molecule has 0 fully saturated rings. The Labute approximate surface area is 181 Å². The first-order valence-corrected chi connectivity index (χ1v) is 10.8. The molecule has 152 valence electrons. The second kappa shape index (κ2) is 9.86. The van der Waals surface area contributed by atoms with E-state index in [2.05, 4.69) is 32.3 Å². The van der Waals surface area contributed by atoms with Crippen LogP contribution in [-0.2, 0) is 17.9 Å². The summed E-state index contributed by atoms with van der Waals surface area (Å²) in [6.07, 6.45) is 1.74. The van der Waals surface area contributed by atoms with E-state index in [1.165, 1.54) is 23.1 Å². The Bertz CT molecular complexity index is 1020. The summed E-state index contributed by atoms with van der Waals surface area (Å²) in [6, 6.07) is 5.43. The molecule has 0 spiro atoms. The van der Waals surface area contributed by atoms with Crippen LogP contribution >= 0.6 is 34.7 Å². The predicted octanol–water partition coefficient (Wildman–Crippen LogP) is 3.90. The van der Waals surface area contributed by atoms with Crippen molar-refractivity contribution in [3.05, 3.63) is 52.3 Å². The molecule has 3 aromatic rings. The summed E-state index contributed by atoms with van der Waals surface area (Å²) in [6.45, 7) is 8.27. The highest BCUT2D eigenvalue weighted by Gasteiger charge is 2.15. The lowest BCUT2D eigenvalue weighted by Crippen LogP contribution is -2.15. The van der Waals surface area contributed by atoms with Crippen molar-refractivity contribution in [3.63, 3.8) is 0 Å². The zero-order chi connectivity index (χ0) is 20.8. The minimum atomic E-state index is -0.186. The molecule has 1 N–H and O–H groups in total. The van der Waals surface area contributed by atoms with Gasteiger partial charge in [-0.25, -0.2) is 0 Å². The number of carbonyl (C=O) groups is 1. The standard InChI is InChI=1S/C18H19ClN6O2S2/c1-4-7-25-15(9-27-14-6-5-13(19)8-11(14)2)22-24-18(25)28-10-16(26)20-17-23-21-12(3)29-17/h4-6,8H,1,7,9-10H2,2-3H3,(H,20,23,26). The van der Waals surface area contributed by atoms with Gasteiger partial charge in [-0.05, 0) is 37.6 Å². The molecule has 3 rings (SSSR count). The fourth-order valence-electron chi connectivity index (χ4n) is 2.39. The molecule has 0 bridgehead atoms. The molecule has 0 aliphatic heterocycles. The fraction of sp³-hybridized carbons (Fsp3) is 0.278. The maximum atomic E-state index is 12.1. The monoisotopic (exact) mass is 450 g/mol. The van der Waals surface area contributed by atoms with Crippen LogP contribution in [0.25, 0.3) is 0 Å². The van der Waals surface area contributed by atoms with E-state index >= 15 is 0 Å². The van der Waals surface area contributed by atoms with Gasteiger partial charge < -0.3 is 4.74 Å². The van der Waals surface area contributed by atoms with Crippen molar-refractivity contribution in [1.29, 1.82) is 0 Å². The molecule has 1 aromatic carbocycles. The third-order valence-corrected chi connectivity index (χ3v) is 5.66. The number of nitrogens with zero attached hydrogens (tertiary/aromatic N) is 5. The highest BCUT2D eigenvalue weighted by molar-refractivity contribution is 7.99. The van der Waals surface area contributed by atoms with E-state index in [-0.39, 0.29) is 18.3 Å². The summed E-state index contributed by atoms with van der Waals surface area (Å²) < 4.78 is 7.73. The molecule has 29 heavy (non-hydrogen) atoms. The average molecular weight is 451 g/mol. The molecule has 0 radical (unpaired) electrons. The maximum Gasteiger partial charge on any atom is 0.236 e. The summed E-state index contributed by atoms with van der Waals surface area (Å²) >= 11 is 8.59. The van der Waals surface area contributed by atoms with Crippen LogP contribution < -0.4 is 10.1 Å². The quantitative estimate of drug-likeness (QED) is 0.390. The van der Waals surface area contributed by atoms with Crippen LogP contribution in [0.15, 0.2) is 36.0 Å². The van der Waals surface area contributed by atoms with Gasteiger partial charge in [0.1, 0.15) is 17.4 Å². The Morgan fingerprint density at radius 3 is 2.86 bits per heavy atom. The van der Waals surface area contributed by atoms with E-state index in [1.807, 2.05) is 30.5 Å². The van der Waals surface area contributed by atoms with Crippen molar-refractivity contribution >= 4 is 45.7 Å². The number of benzene rings is 1. The predicted molar refractivity (Wildman–Crippen MR) is 115 cm³/mol. The maximum absolute atomic E-state index is 12.1. The van der Waals surface area contributed by atoms with Crippen molar-refractivity contribution in [3.8, 4) is 5.75 Å². The second-order valence-electron chi connectivity index (χ2n) is 5.96. The third-order valence-electron chi connectivity index (χ3n) is 3.70. The van der Waals surface area contributed by atoms with E-state index in [9.17, 15) is 4.79 Å². The molecule has 0 saturated carbocycles. The van der Waals surface area contributed by atoms with Gasteiger partial charge in [0.05, 0.1) is 5.75 Å². The highest BCUT2D eigenvalue weighted by Crippen LogP contribution is 2.24. The lowest BCUT2D eigenvalue weighted by molar-refractivity contribution is -0.113. The number of aromatic nitrogens is 5. The van der Waals surface area contributed by atoms with Crippen LogP contribution in [0.4, 0.5) is 5.13 Å². The van der Waals surface area contributed by atoms with Gasteiger partial charge in [0.25, 0.3) is 0 Å². The van der Waals surface area contributed by atoms with Crippen molar-refractivity contribution in [2.45, 2.75) is 32.2 Å². The SMILES string of the molecule is C=CCn1c(COc2ccc(Cl)cc2C)nnc1SCC(=O)Nc1nnc(C)s1. The summed E-state index contributed by atoms with van der Waals surface area (Å²) in [5, 5.41) is 21.4. The number of aryl methyl sites for hydroxylation is 2. The van der Waals surface area contributed by atoms with Gasteiger partial charge in [-0.15, -0.1) is 27.0 Å². The number of anilines is 1. The lowest BCUT2D eigenvalue weighted by Gasteiger charge is -2.11. The van der Waals surface area contributed by atoms with E-state index in [0.29, 0.717) is 27.7 Å². The number of ether oxygens (including phenoxy) is 1. The van der Waals surface area contributed by atoms with Crippen LogP contribution in [0.1, 0.15) is 16.4 Å². The molecule has 0 aliphatic rings. The van der Waals surface area contributed by atoms with Gasteiger partial charge in [0, 0.05) is 11.6 Å². The van der Waals surface area contributed by atoms with Crippen molar-refractivity contribution < 1.29 is 9.53 Å². The number of hydrogen-bond donors (Lipinski definition) is 1. The van der Waals surface area contributed by atoms with Crippen LogP contribution in [0, 0.1) is 13.8 Å². The molecular formula is C18H19ClN6O2S2. The Morgan fingerprint density at radius 2 is 2.17 bits per heavy atom. The van der Waals surface area contributed by atoms with Gasteiger partial charge in [-0.1, -0.05) is 40.8 Å². The van der Waals surface area contributed by atoms with Crippen LogP contribution in [-0.4, -0.2) is 36.6 Å². The van der Waals surface area contributed by atoms with Gasteiger partial charge in [0.15, 0.2) is 11.0 Å². The Hall–Kier alpha value is -2.43. The van der Waals surface area contributed by atoms with Gasteiger partial charge in [-0.2, -0.15) is 0 Å². The number of carbonyl (C=O) groups excluding carboxylic acids is 1. The molecule has 1 amide bonds. The number of nitrogens with one attached hydrogen (secondary N) is 1. The topological polar surface area (TPSA) is 94.8 Å². The first-order valence-electron chi connectivity index (χ1n) is 8.61. The Morgan fingerprint density at radius 1 is 1.34 bits per heavy atom. The van der Waals surface area contributed by atoms with Gasteiger partial charge in [-0.3, -0.25) is 14.7 Å². The average Bonchev–Trinajstić information content (AvgIpc) is 3.26. The smallest absolute Gasteiger partial charge is 0.236 e. The molecular weight excluding hydrogens is 432 g/mol. The zero-order valence-electron chi connectivity index (χ0n) is 15.9. The Kier molecular flexibility index (Phi) is 7.24. The molecule has 0 atom stereocenters. The first kappa shape index (κ1) is 21.3. The second-order valence-corrected chi connectivity index (χ2v) is 8.52. The third kappa shape index (κ3) is 5.78. The van der Waals surface area contributed by atoms with Crippen LogP contribution in [0.5, 0.6) is 5.75 Å². The number of halogens is 1. The number of hydrogen-bond acceptors (Lipinski definition) is 8. The van der Waals surface area contributed by atoms with E-state index in [4.69, 9.17) is 16.3 Å². The molecule has 2 heterocycles. The summed E-state index contributed by atoms with van der Waals surface area (Å²) in [5.41, 5.74) is 0.936. The lowest BCUT2D eigenvalue weighted by atomic mass is 10.2. The largest absolute Gasteiger partial charge is 0.485 e. The molecule has 11 heteroatoms. The molecule has 2 aromatic heterocycles. The fourth-order valence-corrected chi connectivity index (χ4v) is 4.00. The Balaban J connectivity index is 1.63. The molecule has 0 unspecified atom stereocenters. The van der Waals surface area contributed by atoms with Crippen molar-refractivity contribution in [2.24, 2.45) is 0 Å². The van der Waals surface area contributed by atoms with E-state index in [0.717, 1.165) is 16.3 Å². The van der Waals surface area contributed by atoms with Crippen LogP contribution in [0.3, 0.4) is 0 Å². The molecule has 0 saturated heterocycles. The molecule has 0 aliphatic carbocycles. The van der Waals surface area contributed by atoms with Crippen molar-refractivity contribution in [1.82, 2.24) is 25.0 Å². The summed E-state index contributed by atoms with van der Waals surface area (Å²) in [5.74, 6) is 1.35.